The Kier molecular flexibility index (Phi) is 4.36. The van der Waals surface area contributed by atoms with Gasteiger partial charge in [0.1, 0.15) is 0 Å². The van der Waals surface area contributed by atoms with Crippen LogP contribution in [0.2, 0.25) is 0 Å². The molecule has 6 nitrogen and oxygen atoms in total. The van der Waals surface area contributed by atoms with Crippen molar-refractivity contribution in [2.75, 3.05) is 18.1 Å². The highest BCUT2D eigenvalue weighted by atomic mass is 32.2. The van der Waals surface area contributed by atoms with E-state index in [-0.39, 0.29) is 23.6 Å². The zero-order chi connectivity index (χ0) is 13.9. The van der Waals surface area contributed by atoms with Crippen LogP contribution in [-0.2, 0) is 29.3 Å². The lowest BCUT2D eigenvalue weighted by Gasteiger charge is -2.16. The van der Waals surface area contributed by atoms with Crippen LogP contribution in [0.4, 0.5) is 0 Å². The standard InChI is InChI=1S/C12H19N3O3S/c1-2-6-19(17,18)7-5-15-9-14-11-8-13-4-3-10(11)12(15)16/h9,13H,2-8H2,1H3. The maximum atomic E-state index is 12.2. The monoisotopic (exact) mass is 285 g/mol. The second-order valence-electron chi connectivity index (χ2n) is 4.75. The lowest BCUT2D eigenvalue weighted by molar-refractivity contribution is 0.574. The van der Waals surface area contributed by atoms with Gasteiger partial charge in [0.25, 0.3) is 5.56 Å². The maximum absolute atomic E-state index is 12.2. The molecule has 0 radical (unpaired) electrons. The van der Waals surface area contributed by atoms with Crippen LogP contribution in [0.5, 0.6) is 0 Å². The number of fused-ring (bicyclic) bond motifs is 1. The van der Waals surface area contributed by atoms with E-state index in [1.807, 2.05) is 6.92 Å². The molecule has 2 heterocycles. The SMILES string of the molecule is CCCS(=O)(=O)CCn1cnc2c(c1=O)CCNC2. The van der Waals surface area contributed by atoms with E-state index in [2.05, 4.69) is 10.3 Å². The van der Waals surface area contributed by atoms with Gasteiger partial charge in [0, 0.05) is 24.4 Å². The largest absolute Gasteiger partial charge is 0.311 e. The van der Waals surface area contributed by atoms with Crippen molar-refractivity contribution in [2.24, 2.45) is 0 Å². The molecule has 1 N–H and O–H groups in total. The molecule has 2 rings (SSSR count). The van der Waals surface area contributed by atoms with Gasteiger partial charge >= 0.3 is 0 Å². The third kappa shape index (κ3) is 3.42. The van der Waals surface area contributed by atoms with E-state index in [1.54, 1.807) is 0 Å². The third-order valence-electron chi connectivity index (χ3n) is 3.22. The van der Waals surface area contributed by atoms with Crippen molar-refractivity contribution in [3.05, 3.63) is 27.9 Å². The molecule has 0 amide bonds. The first-order valence-electron chi connectivity index (χ1n) is 6.52. The summed E-state index contributed by atoms with van der Waals surface area (Å²) in [5.74, 6) is 0.170. The summed E-state index contributed by atoms with van der Waals surface area (Å²) in [6.45, 7) is 3.40. The Labute approximate surface area is 112 Å². The molecule has 0 bridgehead atoms. The Morgan fingerprint density at radius 3 is 2.95 bits per heavy atom. The topological polar surface area (TPSA) is 81.1 Å². The molecule has 0 aliphatic carbocycles. The van der Waals surface area contributed by atoms with E-state index >= 15 is 0 Å². The van der Waals surface area contributed by atoms with Gasteiger partial charge in [-0.3, -0.25) is 9.36 Å². The van der Waals surface area contributed by atoms with Crippen molar-refractivity contribution in [3.63, 3.8) is 0 Å². The summed E-state index contributed by atoms with van der Waals surface area (Å²) in [5.41, 5.74) is 1.40. The summed E-state index contributed by atoms with van der Waals surface area (Å²) in [6, 6.07) is 0. The molecule has 0 saturated heterocycles. The summed E-state index contributed by atoms with van der Waals surface area (Å²) in [7, 11) is -3.07. The highest BCUT2D eigenvalue weighted by molar-refractivity contribution is 7.91. The van der Waals surface area contributed by atoms with Gasteiger partial charge in [-0.1, -0.05) is 6.92 Å². The minimum atomic E-state index is -3.07. The minimum absolute atomic E-state index is 0.000532. The number of hydrogen-bond donors (Lipinski definition) is 1. The number of rotatable bonds is 5. The normalized spacial score (nSPS) is 15.2. The van der Waals surface area contributed by atoms with Gasteiger partial charge in [-0.15, -0.1) is 0 Å². The molecule has 0 aromatic carbocycles. The summed E-state index contributed by atoms with van der Waals surface area (Å²) in [5, 5.41) is 3.15. The average Bonchev–Trinajstić information content (AvgIpc) is 2.38. The van der Waals surface area contributed by atoms with Crippen LogP contribution in [0, 0.1) is 0 Å². The predicted molar refractivity (Wildman–Crippen MR) is 72.9 cm³/mol. The molecule has 0 fully saturated rings. The number of nitrogens with zero attached hydrogens (tertiary/aromatic N) is 2. The third-order valence-corrected chi connectivity index (χ3v) is 5.06. The molecule has 0 spiro atoms. The van der Waals surface area contributed by atoms with Crippen LogP contribution >= 0.6 is 0 Å². The van der Waals surface area contributed by atoms with Crippen molar-refractivity contribution < 1.29 is 8.42 Å². The molecule has 1 aromatic heterocycles. The zero-order valence-electron chi connectivity index (χ0n) is 11.1. The Morgan fingerprint density at radius 1 is 1.42 bits per heavy atom. The molecule has 106 valence electrons. The second-order valence-corrected chi connectivity index (χ2v) is 7.05. The van der Waals surface area contributed by atoms with E-state index in [4.69, 9.17) is 0 Å². The van der Waals surface area contributed by atoms with Crippen LogP contribution < -0.4 is 10.9 Å². The lowest BCUT2D eigenvalue weighted by Crippen LogP contribution is -2.35. The van der Waals surface area contributed by atoms with Crippen molar-refractivity contribution in [3.8, 4) is 0 Å². The molecule has 19 heavy (non-hydrogen) atoms. The van der Waals surface area contributed by atoms with Crippen LogP contribution in [-0.4, -0.2) is 36.0 Å². The second kappa shape index (κ2) is 5.83. The average molecular weight is 285 g/mol. The molecule has 1 aliphatic rings. The minimum Gasteiger partial charge on any atom is -0.311 e. The fourth-order valence-corrected chi connectivity index (χ4v) is 3.50. The Balaban J connectivity index is 2.16. The van der Waals surface area contributed by atoms with Crippen LogP contribution in [0.3, 0.4) is 0 Å². The van der Waals surface area contributed by atoms with Gasteiger partial charge in [-0.05, 0) is 19.4 Å². The highest BCUT2D eigenvalue weighted by Crippen LogP contribution is 2.05. The van der Waals surface area contributed by atoms with Gasteiger partial charge in [-0.2, -0.15) is 0 Å². The van der Waals surface area contributed by atoms with E-state index in [1.165, 1.54) is 10.9 Å². The zero-order valence-corrected chi connectivity index (χ0v) is 11.9. The Morgan fingerprint density at radius 2 is 2.21 bits per heavy atom. The number of nitrogens with one attached hydrogen (secondary N) is 1. The van der Waals surface area contributed by atoms with Gasteiger partial charge in [0.2, 0.25) is 0 Å². The van der Waals surface area contributed by atoms with Crippen molar-refractivity contribution in [1.29, 1.82) is 0 Å². The van der Waals surface area contributed by atoms with Crippen molar-refractivity contribution in [1.82, 2.24) is 14.9 Å². The van der Waals surface area contributed by atoms with Crippen LogP contribution in [0.15, 0.2) is 11.1 Å². The number of hydrogen-bond acceptors (Lipinski definition) is 5. The molecular formula is C12H19N3O3S. The molecule has 0 saturated carbocycles. The van der Waals surface area contributed by atoms with Gasteiger partial charge < -0.3 is 5.32 Å². The lowest BCUT2D eigenvalue weighted by atomic mass is 10.1. The first-order chi connectivity index (χ1) is 9.03. The van der Waals surface area contributed by atoms with Crippen molar-refractivity contribution in [2.45, 2.75) is 32.9 Å². The molecule has 0 atom stereocenters. The fraction of sp³-hybridized carbons (Fsp3) is 0.667. The first-order valence-corrected chi connectivity index (χ1v) is 8.34. The highest BCUT2D eigenvalue weighted by Gasteiger charge is 2.16. The summed E-state index contributed by atoms with van der Waals surface area (Å²) >= 11 is 0. The van der Waals surface area contributed by atoms with Crippen molar-refractivity contribution >= 4 is 9.84 Å². The Bertz CT molecular complexity index is 607. The number of aryl methyl sites for hydroxylation is 1. The Hall–Kier alpha value is -1.21. The van der Waals surface area contributed by atoms with E-state index in [0.717, 1.165) is 12.2 Å². The molecule has 7 heteroatoms. The van der Waals surface area contributed by atoms with Gasteiger partial charge in [0.15, 0.2) is 9.84 Å². The molecule has 0 unspecified atom stereocenters. The molecule has 1 aromatic rings. The summed E-state index contributed by atoms with van der Waals surface area (Å²) < 4.78 is 24.7. The summed E-state index contributed by atoms with van der Waals surface area (Å²) in [4.78, 5) is 16.4. The number of aromatic nitrogens is 2. The van der Waals surface area contributed by atoms with Crippen LogP contribution in [0.25, 0.3) is 0 Å². The summed E-state index contributed by atoms with van der Waals surface area (Å²) in [6.07, 6.45) is 2.71. The predicted octanol–water partition coefficient (Wildman–Crippen LogP) is -0.286. The van der Waals surface area contributed by atoms with Gasteiger partial charge in [-0.25, -0.2) is 13.4 Å². The van der Waals surface area contributed by atoms with Gasteiger partial charge in [0.05, 0.1) is 17.8 Å². The smallest absolute Gasteiger partial charge is 0.256 e. The maximum Gasteiger partial charge on any atom is 0.256 e. The van der Waals surface area contributed by atoms with E-state index in [9.17, 15) is 13.2 Å². The van der Waals surface area contributed by atoms with E-state index < -0.39 is 9.84 Å². The number of sulfone groups is 1. The van der Waals surface area contributed by atoms with E-state index in [0.29, 0.717) is 24.9 Å². The molecule has 1 aliphatic heterocycles. The quantitative estimate of drug-likeness (QED) is 0.804. The fourth-order valence-electron chi connectivity index (χ4n) is 2.20. The first kappa shape index (κ1) is 14.2. The van der Waals surface area contributed by atoms with Crippen LogP contribution in [0.1, 0.15) is 24.6 Å². The molecular weight excluding hydrogens is 266 g/mol.